The fraction of sp³-hybridized carbons (Fsp3) is 1.00. The van der Waals surface area contributed by atoms with Crippen LogP contribution in [-0.2, 0) is 0 Å². The maximum Gasteiger partial charge on any atom is 0.0652 e. The summed E-state index contributed by atoms with van der Waals surface area (Å²) < 4.78 is 0. The summed E-state index contributed by atoms with van der Waals surface area (Å²) in [5.74, 6) is 0. The van der Waals surface area contributed by atoms with Crippen LogP contribution >= 0.6 is 0 Å². The van der Waals surface area contributed by atoms with E-state index >= 15 is 0 Å². The molecule has 0 radical (unpaired) electrons. The lowest BCUT2D eigenvalue weighted by molar-refractivity contribution is -0.0627. The highest BCUT2D eigenvalue weighted by Gasteiger charge is 2.37. The van der Waals surface area contributed by atoms with E-state index in [1.54, 1.807) is 0 Å². The highest BCUT2D eigenvalue weighted by atomic mass is 16.3. The molecule has 0 aromatic heterocycles. The van der Waals surface area contributed by atoms with Crippen molar-refractivity contribution in [3.63, 3.8) is 0 Å². The van der Waals surface area contributed by atoms with Crippen LogP contribution in [-0.4, -0.2) is 10.7 Å². The zero-order chi connectivity index (χ0) is 7.83. The Bertz CT molecular complexity index is 117. The molecule has 1 nitrogen and oxygen atoms in total. The van der Waals surface area contributed by atoms with E-state index in [-0.39, 0.29) is 11.0 Å². The monoisotopic (exact) mass is 142 g/mol. The van der Waals surface area contributed by atoms with Crippen LogP contribution in [0.5, 0.6) is 0 Å². The molecule has 0 unspecified atom stereocenters. The molecule has 1 saturated carbocycles. The quantitative estimate of drug-likeness (QED) is 0.595. The van der Waals surface area contributed by atoms with Gasteiger partial charge in [0.25, 0.3) is 0 Å². The second kappa shape index (κ2) is 2.23. The fourth-order valence-corrected chi connectivity index (χ4v) is 1.75. The van der Waals surface area contributed by atoms with Gasteiger partial charge in [0.1, 0.15) is 0 Å². The van der Waals surface area contributed by atoms with Gasteiger partial charge in [0.15, 0.2) is 0 Å². The normalized spacial score (nSPS) is 24.0. The Morgan fingerprint density at radius 3 is 1.90 bits per heavy atom. The van der Waals surface area contributed by atoms with Crippen molar-refractivity contribution in [2.75, 3.05) is 0 Å². The summed E-state index contributed by atoms with van der Waals surface area (Å²) in [6, 6.07) is 0. The van der Waals surface area contributed by atoms with Crippen molar-refractivity contribution in [3.05, 3.63) is 0 Å². The Hall–Kier alpha value is -0.0400. The lowest BCUT2D eigenvalue weighted by Gasteiger charge is -2.41. The van der Waals surface area contributed by atoms with Crippen LogP contribution in [0.15, 0.2) is 0 Å². The summed E-state index contributed by atoms with van der Waals surface area (Å²) >= 11 is 0. The molecule has 10 heavy (non-hydrogen) atoms. The molecule has 0 saturated heterocycles. The van der Waals surface area contributed by atoms with E-state index in [1.165, 1.54) is 6.42 Å². The number of aliphatic hydroxyl groups is 1. The molecule has 0 bridgehead atoms. The van der Waals surface area contributed by atoms with Crippen molar-refractivity contribution in [3.8, 4) is 0 Å². The molecule has 1 heteroatoms. The maximum atomic E-state index is 9.75. The van der Waals surface area contributed by atoms with Crippen LogP contribution < -0.4 is 0 Å². The summed E-state index contributed by atoms with van der Waals surface area (Å²) in [6.07, 6.45) is 4.21. The summed E-state index contributed by atoms with van der Waals surface area (Å²) in [4.78, 5) is 0. The van der Waals surface area contributed by atoms with E-state index in [9.17, 15) is 5.11 Å². The second-order valence-corrected chi connectivity index (χ2v) is 4.82. The first-order chi connectivity index (χ1) is 4.41. The van der Waals surface area contributed by atoms with Crippen molar-refractivity contribution >= 4 is 0 Å². The molecular formula is C9H18O. The van der Waals surface area contributed by atoms with Gasteiger partial charge in [0, 0.05) is 0 Å². The van der Waals surface area contributed by atoms with Gasteiger partial charge in [-0.25, -0.2) is 0 Å². The number of hydrogen-bond donors (Lipinski definition) is 1. The van der Waals surface area contributed by atoms with Crippen molar-refractivity contribution in [1.29, 1.82) is 0 Å². The van der Waals surface area contributed by atoms with Crippen LogP contribution in [0.1, 0.15) is 46.5 Å². The van der Waals surface area contributed by atoms with Gasteiger partial charge in [-0.15, -0.1) is 0 Å². The van der Waals surface area contributed by atoms with Crippen molar-refractivity contribution in [2.24, 2.45) is 5.41 Å². The largest absolute Gasteiger partial charge is 0.390 e. The van der Waals surface area contributed by atoms with Gasteiger partial charge in [-0.1, -0.05) is 20.8 Å². The molecule has 0 amide bonds. The molecule has 0 aliphatic heterocycles. The van der Waals surface area contributed by atoms with Gasteiger partial charge in [0.2, 0.25) is 0 Å². The van der Waals surface area contributed by atoms with E-state index < -0.39 is 0 Å². The van der Waals surface area contributed by atoms with Crippen LogP contribution in [0.3, 0.4) is 0 Å². The molecule has 0 spiro atoms. The first-order valence-electron chi connectivity index (χ1n) is 4.14. The predicted molar refractivity (Wildman–Crippen MR) is 42.9 cm³/mol. The van der Waals surface area contributed by atoms with Crippen LogP contribution in [0, 0.1) is 5.41 Å². The van der Waals surface area contributed by atoms with Gasteiger partial charge in [0.05, 0.1) is 5.60 Å². The second-order valence-electron chi connectivity index (χ2n) is 4.82. The molecule has 0 atom stereocenters. The Morgan fingerprint density at radius 2 is 1.80 bits per heavy atom. The molecular weight excluding hydrogens is 124 g/mol. The average Bonchev–Trinajstić information content (AvgIpc) is 1.57. The first-order valence-corrected chi connectivity index (χ1v) is 4.14. The zero-order valence-corrected chi connectivity index (χ0v) is 7.28. The van der Waals surface area contributed by atoms with Crippen molar-refractivity contribution in [1.82, 2.24) is 0 Å². The fourth-order valence-electron chi connectivity index (χ4n) is 1.75. The highest BCUT2D eigenvalue weighted by molar-refractivity contribution is 4.90. The lowest BCUT2D eigenvalue weighted by atomic mass is 9.71. The standard InChI is InChI=1S/C9H18O/c1-8(2,3)7-9(10)5-4-6-9/h10H,4-7H2,1-3H3. The third-order valence-corrected chi connectivity index (χ3v) is 2.14. The van der Waals surface area contributed by atoms with E-state index in [1.807, 2.05) is 0 Å². The zero-order valence-electron chi connectivity index (χ0n) is 7.28. The van der Waals surface area contributed by atoms with E-state index in [2.05, 4.69) is 20.8 Å². The minimum Gasteiger partial charge on any atom is -0.390 e. The molecule has 1 N–H and O–H groups in total. The predicted octanol–water partition coefficient (Wildman–Crippen LogP) is 2.34. The summed E-state index contributed by atoms with van der Waals surface area (Å²) in [5.41, 5.74) is -0.00653. The Kier molecular flexibility index (Phi) is 1.80. The molecule has 1 aliphatic rings. The Balaban J connectivity index is 2.37. The minimum absolute atomic E-state index is 0.287. The average molecular weight is 142 g/mol. The minimum atomic E-state index is -0.293. The Labute approximate surface area is 63.4 Å². The van der Waals surface area contributed by atoms with Gasteiger partial charge in [-0.3, -0.25) is 0 Å². The van der Waals surface area contributed by atoms with Crippen molar-refractivity contribution < 1.29 is 5.11 Å². The SMILES string of the molecule is CC(C)(C)CC1(O)CCC1. The third-order valence-electron chi connectivity index (χ3n) is 2.14. The molecule has 1 aliphatic carbocycles. The topological polar surface area (TPSA) is 20.2 Å². The van der Waals surface area contributed by atoms with Gasteiger partial charge < -0.3 is 5.11 Å². The number of rotatable bonds is 1. The third kappa shape index (κ3) is 1.98. The van der Waals surface area contributed by atoms with E-state index in [0.717, 1.165) is 19.3 Å². The summed E-state index contributed by atoms with van der Waals surface area (Å²) in [6.45, 7) is 6.55. The Morgan fingerprint density at radius 1 is 1.30 bits per heavy atom. The van der Waals surface area contributed by atoms with Crippen molar-refractivity contribution in [2.45, 2.75) is 52.1 Å². The maximum absolute atomic E-state index is 9.75. The molecule has 1 rings (SSSR count). The van der Waals surface area contributed by atoms with Gasteiger partial charge >= 0.3 is 0 Å². The molecule has 0 aromatic rings. The van der Waals surface area contributed by atoms with Crippen LogP contribution in [0.2, 0.25) is 0 Å². The molecule has 0 aromatic carbocycles. The van der Waals surface area contributed by atoms with Gasteiger partial charge in [-0.05, 0) is 31.1 Å². The van der Waals surface area contributed by atoms with Crippen LogP contribution in [0.4, 0.5) is 0 Å². The van der Waals surface area contributed by atoms with Crippen LogP contribution in [0.25, 0.3) is 0 Å². The number of hydrogen-bond acceptors (Lipinski definition) is 1. The highest BCUT2D eigenvalue weighted by Crippen LogP contribution is 2.40. The lowest BCUT2D eigenvalue weighted by Crippen LogP contribution is -2.40. The molecule has 60 valence electrons. The summed E-state index contributed by atoms with van der Waals surface area (Å²) in [5, 5.41) is 9.75. The molecule has 1 fully saturated rings. The van der Waals surface area contributed by atoms with Gasteiger partial charge in [-0.2, -0.15) is 0 Å². The molecule has 0 heterocycles. The van der Waals surface area contributed by atoms with E-state index in [4.69, 9.17) is 0 Å². The summed E-state index contributed by atoms with van der Waals surface area (Å²) in [7, 11) is 0. The first kappa shape index (κ1) is 8.06. The van der Waals surface area contributed by atoms with E-state index in [0.29, 0.717) is 0 Å². The smallest absolute Gasteiger partial charge is 0.0652 e.